The molecule has 0 aliphatic rings. The molecule has 110 valence electrons. The molecule has 2 rings (SSSR count). The van der Waals surface area contributed by atoms with Crippen LogP contribution < -0.4 is 15.8 Å². The largest absolute Gasteiger partial charge is 0.497 e. The Labute approximate surface area is 126 Å². The summed E-state index contributed by atoms with van der Waals surface area (Å²) in [7, 11) is 1.53. The van der Waals surface area contributed by atoms with Crippen LogP contribution in [0.15, 0.2) is 42.5 Å². The third kappa shape index (κ3) is 3.64. The number of hydrogen-bond acceptors (Lipinski definition) is 3. The monoisotopic (exact) mass is 308 g/mol. The highest BCUT2D eigenvalue weighted by Crippen LogP contribution is 2.26. The number of rotatable bonds is 5. The minimum Gasteiger partial charge on any atom is -0.497 e. The number of nitrogens with two attached hydrogens (primary N) is 1. The van der Waals surface area contributed by atoms with Gasteiger partial charge in [0.2, 0.25) is 5.91 Å². The Bertz CT molecular complexity index is 664. The van der Waals surface area contributed by atoms with E-state index in [9.17, 15) is 9.18 Å². The Hall–Kier alpha value is -2.27. The lowest BCUT2D eigenvalue weighted by molar-refractivity contribution is -0.118. The summed E-state index contributed by atoms with van der Waals surface area (Å²) in [6, 6.07) is 9.99. The van der Waals surface area contributed by atoms with Crippen LogP contribution in [0.2, 0.25) is 5.02 Å². The average Bonchev–Trinajstić information content (AvgIpc) is 2.45. The van der Waals surface area contributed by atoms with Crippen LogP contribution in [0, 0.1) is 5.82 Å². The number of benzene rings is 2. The first-order valence-electron chi connectivity index (χ1n) is 6.16. The molecule has 0 heterocycles. The van der Waals surface area contributed by atoms with Gasteiger partial charge in [-0.05, 0) is 24.3 Å². The van der Waals surface area contributed by atoms with E-state index >= 15 is 0 Å². The van der Waals surface area contributed by atoms with Crippen LogP contribution in [-0.4, -0.2) is 13.0 Å². The summed E-state index contributed by atoms with van der Waals surface area (Å²) in [5.41, 5.74) is 6.09. The van der Waals surface area contributed by atoms with Gasteiger partial charge in [-0.2, -0.15) is 0 Å². The fourth-order valence-corrected chi connectivity index (χ4v) is 2.08. The summed E-state index contributed by atoms with van der Waals surface area (Å²) in [5.74, 6) is -0.680. The van der Waals surface area contributed by atoms with Crippen LogP contribution in [0.4, 0.5) is 10.1 Å². The maximum Gasteiger partial charge on any atom is 0.244 e. The molecule has 3 N–H and O–H groups in total. The molecule has 0 aliphatic heterocycles. The molecule has 1 amide bonds. The van der Waals surface area contributed by atoms with Crippen molar-refractivity contribution in [1.82, 2.24) is 0 Å². The van der Waals surface area contributed by atoms with Gasteiger partial charge in [0.15, 0.2) is 0 Å². The molecule has 2 aromatic carbocycles. The van der Waals surface area contributed by atoms with Gasteiger partial charge in [0.25, 0.3) is 0 Å². The topological polar surface area (TPSA) is 64.3 Å². The van der Waals surface area contributed by atoms with Gasteiger partial charge in [0, 0.05) is 22.3 Å². The summed E-state index contributed by atoms with van der Waals surface area (Å²) >= 11 is 5.71. The Balaban J connectivity index is 2.33. The fraction of sp³-hybridized carbons (Fsp3) is 0.133. The molecule has 0 aromatic heterocycles. The number of hydrogen-bond donors (Lipinski definition) is 2. The van der Waals surface area contributed by atoms with Crippen molar-refractivity contribution < 1.29 is 13.9 Å². The van der Waals surface area contributed by atoms with Crippen LogP contribution in [0.5, 0.6) is 5.75 Å². The lowest BCUT2D eigenvalue weighted by Gasteiger charge is -2.18. The molecule has 0 bridgehead atoms. The molecule has 0 saturated carbocycles. The molecule has 0 saturated heterocycles. The molecule has 1 atom stereocenters. The highest BCUT2D eigenvalue weighted by Gasteiger charge is 2.21. The van der Waals surface area contributed by atoms with Crippen LogP contribution in [0.1, 0.15) is 11.6 Å². The van der Waals surface area contributed by atoms with E-state index in [0.717, 1.165) is 6.07 Å². The summed E-state index contributed by atoms with van der Waals surface area (Å²) in [6.07, 6.45) is 0. The van der Waals surface area contributed by atoms with Gasteiger partial charge in [-0.15, -0.1) is 0 Å². The number of carbonyl (C=O) groups excluding carboxylic acids is 1. The first-order chi connectivity index (χ1) is 10.0. The number of halogens is 2. The number of amides is 1. The van der Waals surface area contributed by atoms with E-state index in [2.05, 4.69) is 5.32 Å². The fourth-order valence-electron chi connectivity index (χ4n) is 1.92. The molecule has 4 nitrogen and oxygen atoms in total. The predicted octanol–water partition coefficient (Wildman–Crippen LogP) is 3.13. The maximum absolute atomic E-state index is 14.0. The summed E-state index contributed by atoms with van der Waals surface area (Å²) in [5, 5.41) is 3.14. The molecular formula is C15H14ClFN2O2. The van der Waals surface area contributed by atoms with Gasteiger partial charge in [-0.25, -0.2) is 4.39 Å². The molecular weight excluding hydrogens is 295 g/mol. The molecule has 21 heavy (non-hydrogen) atoms. The normalized spacial score (nSPS) is 11.8. The van der Waals surface area contributed by atoms with Gasteiger partial charge in [0.05, 0.1) is 7.11 Å². The molecule has 0 radical (unpaired) electrons. The number of carbonyl (C=O) groups is 1. The number of anilines is 1. The number of nitrogens with one attached hydrogen (secondary N) is 1. The van der Waals surface area contributed by atoms with Crippen molar-refractivity contribution in [2.45, 2.75) is 6.04 Å². The first kappa shape index (κ1) is 15.1. The van der Waals surface area contributed by atoms with Crippen LogP contribution in [-0.2, 0) is 4.79 Å². The second kappa shape index (κ2) is 6.45. The van der Waals surface area contributed by atoms with Crippen molar-refractivity contribution in [1.29, 1.82) is 0 Å². The van der Waals surface area contributed by atoms with E-state index in [1.807, 2.05) is 0 Å². The van der Waals surface area contributed by atoms with Crippen molar-refractivity contribution in [2.75, 3.05) is 12.4 Å². The lowest BCUT2D eigenvalue weighted by Crippen LogP contribution is -2.28. The van der Waals surface area contributed by atoms with Crippen molar-refractivity contribution in [3.63, 3.8) is 0 Å². The Morgan fingerprint density at radius 2 is 2.10 bits per heavy atom. The quantitative estimate of drug-likeness (QED) is 0.892. The van der Waals surface area contributed by atoms with Crippen LogP contribution in [0.3, 0.4) is 0 Å². The third-order valence-electron chi connectivity index (χ3n) is 2.94. The zero-order valence-corrected chi connectivity index (χ0v) is 12.0. The SMILES string of the molecule is COc1cccc(NC(C(N)=O)c2ccc(Cl)cc2F)c1. The zero-order chi connectivity index (χ0) is 15.4. The second-order valence-corrected chi connectivity index (χ2v) is 4.81. The van der Waals surface area contributed by atoms with Crippen molar-refractivity contribution >= 4 is 23.2 Å². The maximum atomic E-state index is 14.0. The standard InChI is InChI=1S/C15H14ClFN2O2/c1-21-11-4-2-3-10(8-11)19-14(15(18)20)12-6-5-9(16)7-13(12)17/h2-8,14,19H,1H3,(H2,18,20). The van der Waals surface area contributed by atoms with Gasteiger partial charge in [-0.3, -0.25) is 4.79 Å². The van der Waals surface area contributed by atoms with Gasteiger partial charge in [-0.1, -0.05) is 23.7 Å². The van der Waals surface area contributed by atoms with Gasteiger partial charge < -0.3 is 15.8 Å². The molecule has 0 fully saturated rings. The van der Waals surface area contributed by atoms with Crippen molar-refractivity contribution in [2.24, 2.45) is 5.73 Å². The van der Waals surface area contributed by atoms with E-state index in [4.69, 9.17) is 22.1 Å². The minimum absolute atomic E-state index is 0.134. The van der Waals surface area contributed by atoms with E-state index < -0.39 is 17.8 Å². The van der Waals surface area contributed by atoms with Crippen LogP contribution >= 0.6 is 11.6 Å². The van der Waals surface area contributed by atoms with Gasteiger partial charge in [0.1, 0.15) is 17.6 Å². The van der Waals surface area contributed by atoms with Crippen molar-refractivity contribution in [3.8, 4) is 5.75 Å². The molecule has 2 aromatic rings. The Morgan fingerprint density at radius 3 is 2.71 bits per heavy atom. The van der Waals surface area contributed by atoms with E-state index in [1.54, 1.807) is 24.3 Å². The van der Waals surface area contributed by atoms with Gasteiger partial charge >= 0.3 is 0 Å². The highest BCUT2D eigenvalue weighted by molar-refractivity contribution is 6.30. The predicted molar refractivity (Wildman–Crippen MR) is 80.0 cm³/mol. The molecule has 0 aliphatic carbocycles. The summed E-state index contributed by atoms with van der Waals surface area (Å²) in [6.45, 7) is 0. The number of primary amides is 1. The van der Waals surface area contributed by atoms with Crippen molar-refractivity contribution in [3.05, 3.63) is 58.9 Å². The Kier molecular flexibility index (Phi) is 4.65. The molecule has 0 spiro atoms. The van der Waals surface area contributed by atoms with E-state index in [-0.39, 0.29) is 10.6 Å². The molecule has 1 unspecified atom stereocenters. The molecule has 6 heteroatoms. The average molecular weight is 309 g/mol. The van der Waals surface area contributed by atoms with E-state index in [0.29, 0.717) is 11.4 Å². The minimum atomic E-state index is -1.01. The first-order valence-corrected chi connectivity index (χ1v) is 6.54. The number of methoxy groups -OCH3 is 1. The Morgan fingerprint density at radius 1 is 1.33 bits per heavy atom. The zero-order valence-electron chi connectivity index (χ0n) is 11.3. The summed E-state index contributed by atoms with van der Waals surface area (Å²) < 4.78 is 19.0. The third-order valence-corrected chi connectivity index (χ3v) is 3.17. The summed E-state index contributed by atoms with van der Waals surface area (Å²) in [4.78, 5) is 11.6. The van der Waals surface area contributed by atoms with E-state index in [1.165, 1.54) is 19.2 Å². The van der Waals surface area contributed by atoms with Crippen LogP contribution in [0.25, 0.3) is 0 Å². The highest BCUT2D eigenvalue weighted by atomic mass is 35.5. The smallest absolute Gasteiger partial charge is 0.244 e. The lowest BCUT2D eigenvalue weighted by atomic mass is 10.1. The number of ether oxygens (including phenoxy) is 1. The second-order valence-electron chi connectivity index (χ2n) is 4.38.